The Bertz CT molecular complexity index is 860. The van der Waals surface area contributed by atoms with Crippen LogP contribution in [0.3, 0.4) is 0 Å². The first-order valence-corrected chi connectivity index (χ1v) is 12.5. The Balaban J connectivity index is 1.23. The average Bonchev–Trinajstić information content (AvgIpc) is 3.00. The molecule has 2 aliphatic rings. The highest BCUT2D eigenvalue weighted by Crippen LogP contribution is 2.29. The van der Waals surface area contributed by atoms with Crippen molar-refractivity contribution in [1.82, 2.24) is 4.90 Å². The van der Waals surface area contributed by atoms with Crippen LogP contribution in [-0.4, -0.2) is 52.6 Å². The molecule has 33 heavy (non-hydrogen) atoms. The Kier molecular flexibility index (Phi) is 7.94. The molecule has 1 aliphatic heterocycles. The fourth-order valence-corrected chi connectivity index (χ4v) is 4.91. The molecule has 1 aliphatic carbocycles. The van der Waals surface area contributed by atoms with Crippen molar-refractivity contribution >= 4 is 0 Å². The Morgan fingerprint density at radius 2 is 1.24 bits per heavy atom. The molecule has 180 valence electrons. The van der Waals surface area contributed by atoms with Crippen molar-refractivity contribution < 1.29 is 19.7 Å². The van der Waals surface area contributed by atoms with Gasteiger partial charge in [0.25, 0.3) is 0 Å². The Morgan fingerprint density at radius 3 is 1.88 bits per heavy atom. The van der Waals surface area contributed by atoms with Crippen molar-refractivity contribution in [2.45, 2.75) is 76.0 Å². The number of likely N-dealkylation sites (tertiary alicyclic amines) is 1. The zero-order chi connectivity index (χ0) is 23.2. The smallest absolute Gasteiger partial charge is 0.119 e. The largest absolute Gasteiger partial charge is 0.491 e. The van der Waals surface area contributed by atoms with Crippen LogP contribution in [-0.2, 0) is 6.54 Å². The lowest BCUT2D eigenvalue weighted by Gasteiger charge is -2.31. The minimum atomic E-state index is -0.781. The zero-order valence-corrected chi connectivity index (χ0v) is 20.0. The lowest BCUT2D eigenvalue weighted by Crippen LogP contribution is -2.37. The van der Waals surface area contributed by atoms with Crippen molar-refractivity contribution in [1.29, 1.82) is 0 Å². The van der Waals surface area contributed by atoms with Gasteiger partial charge in [-0.1, -0.05) is 49.1 Å². The van der Waals surface area contributed by atoms with Gasteiger partial charge in [0.05, 0.1) is 11.2 Å². The van der Waals surface area contributed by atoms with E-state index in [9.17, 15) is 10.2 Å². The van der Waals surface area contributed by atoms with E-state index in [1.807, 2.05) is 36.4 Å². The molecule has 1 atom stereocenters. The van der Waals surface area contributed by atoms with E-state index in [0.717, 1.165) is 69.7 Å². The normalized spacial score (nSPS) is 23.6. The van der Waals surface area contributed by atoms with E-state index in [4.69, 9.17) is 9.47 Å². The molecular weight excluding hydrogens is 414 g/mol. The van der Waals surface area contributed by atoms with E-state index in [2.05, 4.69) is 24.0 Å². The molecule has 4 rings (SSSR count). The van der Waals surface area contributed by atoms with Crippen LogP contribution in [0.15, 0.2) is 48.5 Å². The number of aryl methyl sites for hydroxylation is 1. The van der Waals surface area contributed by atoms with Gasteiger partial charge in [-0.05, 0) is 75.4 Å². The number of rotatable bonds is 8. The van der Waals surface area contributed by atoms with E-state index in [0.29, 0.717) is 19.6 Å². The van der Waals surface area contributed by atoms with Crippen molar-refractivity contribution in [2.24, 2.45) is 0 Å². The molecule has 1 heterocycles. The molecule has 0 amide bonds. The fourth-order valence-electron chi connectivity index (χ4n) is 4.91. The minimum Gasteiger partial charge on any atom is -0.491 e. The topological polar surface area (TPSA) is 62.2 Å². The van der Waals surface area contributed by atoms with Crippen LogP contribution < -0.4 is 9.47 Å². The highest BCUT2D eigenvalue weighted by atomic mass is 16.5. The third-order valence-corrected chi connectivity index (χ3v) is 7.16. The van der Waals surface area contributed by atoms with Crippen LogP contribution in [0.2, 0.25) is 0 Å². The molecule has 2 aromatic rings. The van der Waals surface area contributed by atoms with Gasteiger partial charge in [0.2, 0.25) is 0 Å². The molecule has 5 nitrogen and oxygen atoms in total. The summed E-state index contributed by atoms with van der Waals surface area (Å²) >= 11 is 0. The van der Waals surface area contributed by atoms with Crippen LogP contribution in [0.5, 0.6) is 11.5 Å². The molecule has 2 aromatic carbocycles. The third kappa shape index (κ3) is 7.20. The molecule has 1 saturated carbocycles. The summed E-state index contributed by atoms with van der Waals surface area (Å²) in [5.41, 5.74) is 0.993. The van der Waals surface area contributed by atoms with Gasteiger partial charge < -0.3 is 19.7 Å². The van der Waals surface area contributed by atoms with Gasteiger partial charge >= 0.3 is 0 Å². The first kappa shape index (κ1) is 24.1. The molecule has 0 bridgehead atoms. The Morgan fingerprint density at radius 1 is 0.697 bits per heavy atom. The molecule has 0 spiro atoms. The van der Waals surface area contributed by atoms with Crippen molar-refractivity contribution in [3.05, 3.63) is 59.7 Å². The average molecular weight is 454 g/mol. The minimum absolute atomic E-state index is 0.336. The van der Waals surface area contributed by atoms with Crippen LogP contribution in [0.1, 0.15) is 62.5 Å². The van der Waals surface area contributed by atoms with Gasteiger partial charge in [-0.3, -0.25) is 4.90 Å². The summed E-state index contributed by atoms with van der Waals surface area (Å²) < 4.78 is 11.8. The second kappa shape index (κ2) is 10.9. The molecule has 2 N–H and O–H groups in total. The van der Waals surface area contributed by atoms with E-state index in [1.54, 1.807) is 0 Å². The van der Waals surface area contributed by atoms with E-state index in [-0.39, 0.29) is 0 Å². The number of nitrogens with zero attached hydrogens (tertiary/aromatic N) is 1. The van der Waals surface area contributed by atoms with Crippen LogP contribution in [0, 0.1) is 6.92 Å². The quantitative estimate of drug-likeness (QED) is 0.597. The van der Waals surface area contributed by atoms with E-state index in [1.165, 1.54) is 17.5 Å². The number of aliphatic hydroxyl groups is 2. The summed E-state index contributed by atoms with van der Waals surface area (Å²) in [4.78, 5) is 2.41. The maximum atomic E-state index is 11.1. The highest BCUT2D eigenvalue weighted by molar-refractivity contribution is 5.28. The maximum absolute atomic E-state index is 11.1. The summed E-state index contributed by atoms with van der Waals surface area (Å²) in [7, 11) is 0. The van der Waals surface area contributed by atoms with Crippen LogP contribution >= 0.6 is 0 Å². The Hall–Kier alpha value is -2.08. The summed E-state index contributed by atoms with van der Waals surface area (Å²) in [5, 5.41) is 21.7. The van der Waals surface area contributed by atoms with Gasteiger partial charge in [0, 0.05) is 13.1 Å². The monoisotopic (exact) mass is 453 g/mol. The second-order valence-electron chi connectivity index (χ2n) is 10.2. The summed E-state index contributed by atoms with van der Waals surface area (Å²) in [5.74, 6) is 1.63. The second-order valence-corrected chi connectivity index (χ2v) is 10.2. The fraction of sp³-hybridized carbons (Fsp3) is 0.571. The predicted octanol–water partition coefficient (Wildman–Crippen LogP) is 4.87. The van der Waals surface area contributed by atoms with Crippen LogP contribution in [0.4, 0.5) is 0 Å². The number of hydrogen-bond acceptors (Lipinski definition) is 5. The first-order valence-electron chi connectivity index (χ1n) is 12.5. The number of hydrogen-bond donors (Lipinski definition) is 2. The number of benzene rings is 2. The van der Waals surface area contributed by atoms with Crippen LogP contribution in [0.25, 0.3) is 0 Å². The Labute approximate surface area is 198 Å². The molecule has 0 radical (unpaired) electrons. The van der Waals surface area contributed by atoms with E-state index < -0.39 is 11.2 Å². The molecular formula is C28H39NO4. The number of ether oxygens (including phenoxy) is 2. The highest BCUT2D eigenvalue weighted by Gasteiger charge is 2.31. The maximum Gasteiger partial charge on any atom is 0.119 e. The SMILES string of the molecule is Cc1ccc(OC[C@]2(O)CCCN(Cc3ccc(OCC4(O)CCCCC4)cc3)CC2)cc1. The molecule has 0 unspecified atom stereocenters. The van der Waals surface area contributed by atoms with Gasteiger partial charge in [-0.2, -0.15) is 0 Å². The molecule has 0 aromatic heterocycles. The summed E-state index contributed by atoms with van der Waals surface area (Å²) in [6.07, 6.45) is 7.47. The van der Waals surface area contributed by atoms with Gasteiger partial charge in [-0.25, -0.2) is 0 Å². The van der Waals surface area contributed by atoms with Crippen molar-refractivity contribution in [3.63, 3.8) is 0 Å². The summed E-state index contributed by atoms with van der Waals surface area (Å²) in [6.45, 7) is 5.44. The summed E-state index contributed by atoms with van der Waals surface area (Å²) in [6, 6.07) is 16.2. The first-order chi connectivity index (χ1) is 15.9. The van der Waals surface area contributed by atoms with Crippen molar-refractivity contribution in [2.75, 3.05) is 26.3 Å². The lowest BCUT2D eigenvalue weighted by atomic mass is 9.85. The predicted molar refractivity (Wildman–Crippen MR) is 131 cm³/mol. The van der Waals surface area contributed by atoms with Gasteiger partial charge in [0.1, 0.15) is 24.7 Å². The van der Waals surface area contributed by atoms with E-state index >= 15 is 0 Å². The molecule has 1 saturated heterocycles. The zero-order valence-electron chi connectivity index (χ0n) is 20.0. The molecule has 2 fully saturated rings. The third-order valence-electron chi connectivity index (χ3n) is 7.16. The molecule has 5 heteroatoms. The van der Waals surface area contributed by atoms with Gasteiger partial charge in [0.15, 0.2) is 0 Å². The van der Waals surface area contributed by atoms with Gasteiger partial charge in [-0.15, -0.1) is 0 Å². The standard InChI is InChI=1S/C28H39NO4/c1-23-6-10-25(11-7-23)33-22-28(31)16-5-18-29(19-17-28)20-24-8-12-26(13-9-24)32-21-27(30)14-3-2-4-15-27/h6-13,30-31H,2-5,14-22H2,1H3/t28-/m0/s1. The lowest BCUT2D eigenvalue weighted by molar-refractivity contribution is -0.0339. The van der Waals surface area contributed by atoms with Crippen molar-refractivity contribution in [3.8, 4) is 11.5 Å².